The first kappa shape index (κ1) is 18.2. The Morgan fingerprint density at radius 2 is 2.04 bits per heavy atom. The summed E-state index contributed by atoms with van der Waals surface area (Å²) in [5.74, 6) is 0.594. The van der Waals surface area contributed by atoms with Gasteiger partial charge in [-0.1, -0.05) is 18.2 Å². The van der Waals surface area contributed by atoms with Gasteiger partial charge in [-0.15, -0.1) is 0 Å². The second-order valence-electron chi connectivity index (χ2n) is 6.28. The number of nitrogens with zero attached hydrogens (tertiary/aromatic N) is 4. The number of likely N-dealkylation sites (tertiary alicyclic amines) is 1. The normalized spacial score (nSPS) is 17.8. The second-order valence-corrected chi connectivity index (χ2v) is 6.28. The van der Waals surface area contributed by atoms with Gasteiger partial charge in [-0.2, -0.15) is 18.3 Å². The molecule has 0 bridgehead atoms. The van der Waals surface area contributed by atoms with E-state index in [0.29, 0.717) is 18.8 Å². The number of methoxy groups -OCH3 is 1. The molecule has 0 radical (unpaired) electrons. The van der Waals surface area contributed by atoms with E-state index in [9.17, 15) is 18.0 Å². The van der Waals surface area contributed by atoms with Crippen molar-refractivity contribution >= 4 is 5.91 Å². The summed E-state index contributed by atoms with van der Waals surface area (Å²) in [6.45, 7) is 0.971. The highest BCUT2D eigenvalue weighted by molar-refractivity contribution is 5.79. The predicted molar refractivity (Wildman–Crippen MR) is 86.6 cm³/mol. The van der Waals surface area contributed by atoms with Crippen LogP contribution in [0.4, 0.5) is 13.2 Å². The van der Waals surface area contributed by atoms with Crippen LogP contribution < -0.4 is 4.74 Å². The van der Waals surface area contributed by atoms with Crippen LogP contribution in [0.3, 0.4) is 0 Å². The molecule has 1 atom stereocenters. The zero-order valence-electron chi connectivity index (χ0n) is 14.5. The van der Waals surface area contributed by atoms with E-state index in [2.05, 4.69) is 10.1 Å². The Balaban J connectivity index is 1.78. The molecule has 1 aliphatic rings. The Morgan fingerprint density at radius 3 is 2.73 bits per heavy atom. The Kier molecular flexibility index (Phi) is 4.88. The Hall–Kier alpha value is -2.58. The number of amides is 1. The number of rotatable bonds is 5. The van der Waals surface area contributed by atoms with Crippen LogP contribution in [0.15, 0.2) is 24.3 Å². The second kappa shape index (κ2) is 6.97. The van der Waals surface area contributed by atoms with Gasteiger partial charge in [-0.25, -0.2) is 9.67 Å². The summed E-state index contributed by atoms with van der Waals surface area (Å²) in [6.07, 6.45) is -4.28. The van der Waals surface area contributed by atoms with Gasteiger partial charge in [0.1, 0.15) is 23.9 Å². The minimum Gasteiger partial charge on any atom is -0.496 e. The highest BCUT2D eigenvalue weighted by Crippen LogP contribution is 2.31. The molecule has 1 aromatic carbocycles. The van der Waals surface area contributed by atoms with Crippen LogP contribution in [0.1, 0.15) is 29.6 Å². The quantitative estimate of drug-likeness (QED) is 0.814. The zero-order valence-corrected chi connectivity index (χ0v) is 14.5. The maximum absolute atomic E-state index is 12.8. The molecular weight excluding hydrogens is 349 g/mol. The van der Waals surface area contributed by atoms with Gasteiger partial charge in [0.2, 0.25) is 5.91 Å². The lowest BCUT2D eigenvalue weighted by Gasteiger charge is -2.18. The molecule has 0 aliphatic carbocycles. The summed E-state index contributed by atoms with van der Waals surface area (Å²) in [6, 6.07) is 7.34. The number of aromatic nitrogens is 3. The molecule has 140 valence electrons. The molecule has 1 amide bonds. The number of alkyl halides is 3. The van der Waals surface area contributed by atoms with Gasteiger partial charge < -0.3 is 9.64 Å². The van der Waals surface area contributed by atoms with E-state index in [4.69, 9.17) is 4.74 Å². The van der Waals surface area contributed by atoms with Gasteiger partial charge in [0.05, 0.1) is 7.11 Å². The first-order valence-electron chi connectivity index (χ1n) is 8.14. The lowest BCUT2D eigenvalue weighted by Crippen LogP contribution is -2.25. The van der Waals surface area contributed by atoms with Crippen molar-refractivity contribution < 1.29 is 22.7 Å². The van der Waals surface area contributed by atoms with E-state index in [-0.39, 0.29) is 24.0 Å². The summed E-state index contributed by atoms with van der Waals surface area (Å²) in [5, 5.41) is 3.84. The Labute approximate surface area is 148 Å². The predicted octanol–water partition coefficient (Wildman–Crippen LogP) is 2.67. The van der Waals surface area contributed by atoms with Crippen molar-refractivity contribution in [3.8, 4) is 5.75 Å². The highest BCUT2D eigenvalue weighted by atomic mass is 19.4. The van der Waals surface area contributed by atoms with Crippen LogP contribution in [0.5, 0.6) is 5.75 Å². The van der Waals surface area contributed by atoms with E-state index in [1.807, 2.05) is 18.2 Å². The van der Waals surface area contributed by atoms with Crippen LogP contribution >= 0.6 is 0 Å². The Morgan fingerprint density at radius 1 is 1.31 bits per heavy atom. The van der Waals surface area contributed by atoms with Crippen molar-refractivity contribution in [1.82, 2.24) is 19.7 Å². The molecule has 1 aromatic heterocycles. The average molecular weight is 368 g/mol. The van der Waals surface area contributed by atoms with Crippen molar-refractivity contribution in [3.63, 3.8) is 0 Å². The lowest BCUT2D eigenvalue weighted by molar-refractivity contribution is -0.143. The number of para-hydroxylation sites is 1. The third-order valence-corrected chi connectivity index (χ3v) is 4.27. The standard InChI is InChI=1S/C17H19F3N4O2/c1-11-21-16(24(22-11)10-17(18,19)20)13-7-15(25)23(9-13)8-12-5-3-4-6-14(12)26-2/h3-6,13H,7-10H2,1-2H3. The van der Waals surface area contributed by atoms with Gasteiger partial charge in [0.15, 0.2) is 0 Å². The third-order valence-electron chi connectivity index (χ3n) is 4.27. The van der Waals surface area contributed by atoms with E-state index >= 15 is 0 Å². The minimum atomic E-state index is -4.39. The van der Waals surface area contributed by atoms with Crippen molar-refractivity contribution in [2.24, 2.45) is 0 Å². The number of ether oxygens (including phenoxy) is 1. The molecule has 26 heavy (non-hydrogen) atoms. The fourth-order valence-electron chi connectivity index (χ4n) is 3.20. The fraction of sp³-hybridized carbons (Fsp3) is 0.471. The van der Waals surface area contributed by atoms with Crippen LogP contribution in [-0.2, 0) is 17.9 Å². The number of carbonyl (C=O) groups is 1. The lowest BCUT2D eigenvalue weighted by atomic mass is 10.1. The van der Waals surface area contributed by atoms with E-state index in [0.717, 1.165) is 10.2 Å². The first-order chi connectivity index (χ1) is 12.3. The molecule has 3 rings (SSSR count). The molecule has 6 nitrogen and oxygen atoms in total. The van der Waals surface area contributed by atoms with E-state index in [1.165, 1.54) is 0 Å². The summed E-state index contributed by atoms with van der Waals surface area (Å²) >= 11 is 0. The zero-order chi connectivity index (χ0) is 18.9. The van der Waals surface area contributed by atoms with Gasteiger partial charge >= 0.3 is 6.18 Å². The molecule has 1 saturated heterocycles. The molecule has 1 fully saturated rings. The molecule has 2 aromatic rings. The maximum atomic E-state index is 12.8. The maximum Gasteiger partial charge on any atom is 0.408 e. The molecular formula is C17H19F3N4O2. The monoisotopic (exact) mass is 368 g/mol. The van der Waals surface area contributed by atoms with Gasteiger partial charge in [0, 0.05) is 31.0 Å². The number of halogens is 3. The van der Waals surface area contributed by atoms with E-state index < -0.39 is 18.6 Å². The minimum absolute atomic E-state index is 0.116. The number of hydrogen-bond acceptors (Lipinski definition) is 4. The molecule has 2 heterocycles. The van der Waals surface area contributed by atoms with Gasteiger partial charge in [-0.3, -0.25) is 4.79 Å². The molecule has 0 saturated carbocycles. The molecule has 0 N–H and O–H groups in total. The summed E-state index contributed by atoms with van der Waals surface area (Å²) in [4.78, 5) is 18.1. The molecule has 0 spiro atoms. The average Bonchev–Trinajstić information content (AvgIpc) is 3.09. The third kappa shape index (κ3) is 3.97. The smallest absolute Gasteiger partial charge is 0.408 e. The summed E-state index contributed by atoms with van der Waals surface area (Å²) in [5.41, 5.74) is 0.844. The first-order valence-corrected chi connectivity index (χ1v) is 8.14. The van der Waals surface area contributed by atoms with Crippen LogP contribution in [0.2, 0.25) is 0 Å². The van der Waals surface area contributed by atoms with Crippen LogP contribution in [0.25, 0.3) is 0 Å². The van der Waals surface area contributed by atoms with E-state index in [1.54, 1.807) is 25.0 Å². The molecule has 9 heteroatoms. The Bertz CT molecular complexity index is 804. The summed E-state index contributed by atoms with van der Waals surface area (Å²) < 4.78 is 44.4. The van der Waals surface area contributed by atoms with Gasteiger partial charge in [-0.05, 0) is 13.0 Å². The van der Waals surface area contributed by atoms with Crippen molar-refractivity contribution in [3.05, 3.63) is 41.5 Å². The van der Waals surface area contributed by atoms with Crippen LogP contribution in [-0.4, -0.2) is 45.4 Å². The largest absolute Gasteiger partial charge is 0.496 e. The van der Waals surface area contributed by atoms with Gasteiger partial charge in [0.25, 0.3) is 0 Å². The SMILES string of the molecule is COc1ccccc1CN1CC(c2nc(C)nn2CC(F)(F)F)CC1=O. The number of aryl methyl sites for hydroxylation is 1. The van der Waals surface area contributed by atoms with Crippen molar-refractivity contribution in [2.75, 3.05) is 13.7 Å². The number of carbonyl (C=O) groups excluding carboxylic acids is 1. The topological polar surface area (TPSA) is 60.2 Å². The van der Waals surface area contributed by atoms with Crippen molar-refractivity contribution in [1.29, 1.82) is 0 Å². The molecule has 1 unspecified atom stereocenters. The van der Waals surface area contributed by atoms with Crippen LogP contribution in [0, 0.1) is 6.92 Å². The number of benzene rings is 1. The van der Waals surface area contributed by atoms with Crippen molar-refractivity contribution in [2.45, 2.75) is 38.5 Å². The summed E-state index contributed by atoms with van der Waals surface area (Å²) in [7, 11) is 1.55. The molecule has 1 aliphatic heterocycles. The fourth-order valence-corrected chi connectivity index (χ4v) is 3.20. The highest BCUT2D eigenvalue weighted by Gasteiger charge is 2.37. The number of hydrogen-bond donors (Lipinski definition) is 0.